The van der Waals surface area contributed by atoms with Gasteiger partial charge in [0.15, 0.2) is 0 Å². The molecule has 0 fully saturated rings. The van der Waals surface area contributed by atoms with E-state index in [9.17, 15) is 13.2 Å². The molecule has 1 spiro atoms. The molecule has 2 unspecified atom stereocenters. The molecule has 296 valence electrons. The maximum Gasteiger partial charge on any atom is 0.416 e. The predicted octanol–water partition coefficient (Wildman–Crippen LogP) is 13.2. The van der Waals surface area contributed by atoms with Crippen molar-refractivity contribution in [3.63, 3.8) is 0 Å². The molecule has 4 nitrogen and oxygen atoms in total. The monoisotopic (exact) mass is 801 g/mol. The highest BCUT2D eigenvalue weighted by Gasteiger charge is 2.52. The number of ether oxygens (including phenoxy) is 1. The minimum atomic E-state index is -4.43. The van der Waals surface area contributed by atoms with E-state index in [1.165, 1.54) is 11.1 Å². The molecular formula is C54H38F3N3O. The molecule has 8 aromatic carbocycles. The molecule has 2 aliphatic heterocycles. The predicted molar refractivity (Wildman–Crippen MR) is 236 cm³/mol. The molecule has 0 saturated carbocycles. The molecule has 0 radical (unpaired) electrons. The number of amidine groups is 1. The number of aliphatic imine (C=N–C) groups is 1. The summed E-state index contributed by atoms with van der Waals surface area (Å²) in [5, 5.41) is 7.70. The highest BCUT2D eigenvalue weighted by molar-refractivity contribution is 6.02. The molecule has 2 N–H and O–H groups in total. The van der Waals surface area contributed by atoms with Gasteiger partial charge in [0, 0.05) is 16.7 Å². The van der Waals surface area contributed by atoms with Crippen molar-refractivity contribution in [2.24, 2.45) is 4.99 Å². The average molecular weight is 802 g/mol. The van der Waals surface area contributed by atoms with Gasteiger partial charge in [0.25, 0.3) is 0 Å². The Morgan fingerprint density at radius 1 is 0.541 bits per heavy atom. The van der Waals surface area contributed by atoms with E-state index in [0.29, 0.717) is 11.4 Å². The van der Waals surface area contributed by atoms with Crippen LogP contribution in [0.2, 0.25) is 0 Å². The van der Waals surface area contributed by atoms with Gasteiger partial charge in [0.2, 0.25) is 0 Å². The van der Waals surface area contributed by atoms with Gasteiger partial charge in [-0.2, -0.15) is 13.2 Å². The lowest BCUT2D eigenvalue weighted by atomic mass is 9.66. The zero-order chi connectivity index (χ0) is 41.3. The van der Waals surface area contributed by atoms with Gasteiger partial charge in [0.05, 0.1) is 11.0 Å². The lowest BCUT2D eigenvalue weighted by Gasteiger charge is -2.39. The number of alkyl halides is 3. The molecule has 2 heterocycles. The largest absolute Gasteiger partial charge is 0.457 e. The minimum Gasteiger partial charge on any atom is -0.457 e. The van der Waals surface area contributed by atoms with Gasteiger partial charge in [-0.15, -0.1) is 0 Å². The summed E-state index contributed by atoms with van der Waals surface area (Å²) in [5.74, 6) is 2.33. The van der Waals surface area contributed by atoms with Crippen LogP contribution in [0.4, 0.5) is 13.2 Å². The Morgan fingerprint density at radius 3 is 1.75 bits per heavy atom. The first-order chi connectivity index (χ1) is 29.8. The van der Waals surface area contributed by atoms with Gasteiger partial charge in [0.1, 0.15) is 29.7 Å². The van der Waals surface area contributed by atoms with Crippen molar-refractivity contribution in [1.29, 1.82) is 0 Å². The van der Waals surface area contributed by atoms with Gasteiger partial charge in [-0.25, -0.2) is 4.99 Å². The van der Waals surface area contributed by atoms with Crippen LogP contribution in [0.1, 0.15) is 62.4 Å². The number of nitrogens with zero attached hydrogens (tertiary/aromatic N) is 1. The molecule has 0 aromatic heterocycles. The molecular weight excluding hydrogens is 764 g/mol. The highest BCUT2D eigenvalue weighted by atomic mass is 19.4. The zero-order valence-corrected chi connectivity index (χ0v) is 33.0. The molecule has 0 bridgehead atoms. The summed E-state index contributed by atoms with van der Waals surface area (Å²) in [5.41, 5.74) is 12.9. The number of fused-ring (bicyclic) bond motifs is 9. The lowest BCUT2D eigenvalue weighted by Crippen LogP contribution is -2.45. The topological polar surface area (TPSA) is 45.7 Å². The van der Waals surface area contributed by atoms with Crippen molar-refractivity contribution in [2.75, 3.05) is 0 Å². The number of hydrogen-bond donors (Lipinski definition) is 2. The second-order valence-electron chi connectivity index (χ2n) is 15.9. The summed E-state index contributed by atoms with van der Waals surface area (Å²) < 4.78 is 47.6. The maximum atomic E-state index is 13.7. The third-order valence-corrected chi connectivity index (χ3v) is 12.3. The SMILES string of the molecule is Cc1ccc(-c2cc(C3=NC(c4ccccc4)NC(c4cccc5c4-c4ccccc4C54c5ccccc5Oc5ccccc54)N3)cc(-c3ccc(C(F)(F)F)cc3)c2)cc1. The van der Waals surface area contributed by atoms with Crippen LogP contribution in [-0.2, 0) is 11.6 Å². The Labute approximate surface area is 352 Å². The van der Waals surface area contributed by atoms with Crippen LogP contribution in [-0.4, -0.2) is 5.84 Å². The van der Waals surface area contributed by atoms with Crippen molar-refractivity contribution in [3.05, 3.63) is 238 Å². The molecule has 2 atom stereocenters. The summed E-state index contributed by atoms with van der Waals surface area (Å²) in [6.07, 6.45) is -5.26. The standard InChI is InChI=1S/C54H38F3N3O/c1-33-22-24-34(25-23-33)37-30-38(35-26-28-40(29-27-35)54(55,56)57)32-39(31-37)51-58-50(36-12-3-2-4-13-36)59-52(60-51)42-15-11-19-46-49(42)41-14-5-6-16-43(41)53(46)44-17-7-9-20-47(44)61-48-21-10-8-18-45(48)53/h2-32,50,52,59H,1H3,(H,58,60). The molecule has 0 amide bonds. The molecule has 11 rings (SSSR count). The van der Waals surface area contributed by atoms with E-state index in [1.807, 2.05) is 49.4 Å². The quantitative estimate of drug-likeness (QED) is 0.182. The summed E-state index contributed by atoms with van der Waals surface area (Å²) in [6, 6.07) is 62.0. The van der Waals surface area contributed by atoms with Crippen LogP contribution in [0.5, 0.6) is 11.5 Å². The second-order valence-corrected chi connectivity index (χ2v) is 15.9. The fraction of sp³-hybridized carbons (Fsp3) is 0.0926. The fourth-order valence-corrected chi connectivity index (χ4v) is 9.54. The van der Waals surface area contributed by atoms with Gasteiger partial charge < -0.3 is 10.1 Å². The number of halogens is 3. The third kappa shape index (κ3) is 6.07. The highest BCUT2D eigenvalue weighted by Crippen LogP contribution is 2.62. The average Bonchev–Trinajstić information content (AvgIpc) is 3.60. The van der Waals surface area contributed by atoms with E-state index in [4.69, 9.17) is 9.73 Å². The van der Waals surface area contributed by atoms with E-state index >= 15 is 0 Å². The van der Waals surface area contributed by atoms with E-state index in [-0.39, 0.29) is 0 Å². The Balaban J connectivity index is 1.10. The van der Waals surface area contributed by atoms with Crippen LogP contribution in [0.25, 0.3) is 33.4 Å². The number of benzene rings is 8. The van der Waals surface area contributed by atoms with Crippen molar-refractivity contribution >= 4 is 5.84 Å². The molecule has 1 aliphatic carbocycles. The Kier molecular flexibility index (Phi) is 8.58. The van der Waals surface area contributed by atoms with Crippen molar-refractivity contribution < 1.29 is 17.9 Å². The third-order valence-electron chi connectivity index (χ3n) is 12.3. The Bertz CT molecular complexity index is 2970. The minimum absolute atomic E-state index is 0.404. The first-order valence-corrected chi connectivity index (χ1v) is 20.4. The van der Waals surface area contributed by atoms with E-state index < -0.39 is 29.5 Å². The Morgan fingerprint density at radius 2 is 1.10 bits per heavy atom. The van der Waals surface area contributed by atoms with E-state index in [1.54, 1.807) is 12.1 Å². The van der Waals surface area contributed by atoms with Crippen molar-refractivity contribution in [2.45, 2.75) is 30.8 Å². The van der Waals surface area contributed by atoms with Crippen LogP contribution in [0, 0.1) is 6.92 Å². The number of aryl methyl sites for hydroxylation is 1. The Hall–Kier alpha value is -7.22. The maximum absolute atomic E-state index is 13.7. The van der Waals surface area contributed by atoms with Crippen LogP contribution in [0.3, 0.4) is 0 Å². The van der Waals surface area contributed by atoms with Gasteiger partial charge in [-0.1, -0.05) is 151 Å². The summed E-state index contributed by atoms with van der Waals surface area (Å²) >= 11 is 0. The molecule has 0 saturated heterocycles. The van der Waals surface area contributed by atoms with Crippen LogP contribution in [0.15, 0.2) is 193 Å². The van der Waals surface area contributed by atoms with Crippen LogP contribution < -0.4 is 15.4 Å². The van der Waals surface area contributed by atoms with Crippen molar-refractivity contribution in [3.8, 4) is 44.9 Å². The summed E-state index contributed by atoms with van der Waals surface area (Å²) in [7, 11) is 0. The van der Waals surface area contributed by atoms with Crippen molar-refractivity contribution in [1.82, 2.24) is 10.6 Å². The number of hydrogen-bond acceptors (Lipinski definition) is 4. The zero-order valence-electron chi connectivity index (χ0n) is 33.0. The first-order valence-electron chi connectivity index (χ1n) is 20.4. The van der Waals surface area contributed by atoms with E-state index in [2.05, 4.69) is 132 Å². The molecule has 61 heavy (non-hydrogen) atoms. The number of para-hydroxylation sites is 2. The fourth-order valence-electron chi connectivity index (χ4n) is 9.54. The number of rotatable bonds is 5. The summed E-state index contributed by atoms with van der Waals surface area (Å²) in [4.78, 5) is 5.34. The number of nitrogens with one attached hydrogen (secondary N) is 2. The van der Waals surface area contributed by atoms with E-state index in [0.717, 1.165) is 84.8 Å². The molecule has 3 aliphatic rings. The molecule has 7 heteroatoms. The lowest BCUT2D eigenvalue weighted by molar-refractivity contribution is -0.137. The van der Waals surface area contributed by atoms with Gasteiger partial charge in [-0.3, -0.25) is 5.32 Å². The molecule has 8 aromatic rings. The van der Waals surface area contributed by atoms with Gasteiger partial charge in [-0.05, 0) is 105 Å². The normalized spacial score (nSPS) is 17.0. The first kappa shape index (κ1) is 36.8. The van der Waals surface area contributed by atoms with Crippen LogP contribution >= 0.6 is 0 Å². The smallest absolute Gasteiger partial charge is 0.416 e. The second kappa shape index (κ2) is 14.2. The van der Waals surface area contributed by atoms with Gasteiger partial charge >= 0.3 is 6.18 Å². The summed E-state index contributed by atoms with van der Waals surface area (Å²) in [6.45, 7) is 2.05.